The summed E-state index contributed by atoms with van der Waals surface area (Å²) in [6, 6.07) is 11.0. The lowest BCUT2D eigenvalue weighted by Crippen LogP contribution is -2.50. The molecule has 1 aliphatic rings. The van der Waals surface area contributed by atoms with Crippen LogP contribution >= 0.6 is 27.3 Å². The summed E-state index contributed by atoms with van der Waals surface area (Å²) < 4.78 is 2.10. The second kappa shape index (κ2) is 8.02. The van der Waals surface area contributed by atoms with E-state index in [1.54, 1.807) is 40.5 Å². The van der Waals surface area contributed by atoms with Crippen LogP contribution in [-0.4, -0.2) is 51.4 Å². The van der Waals surface area contributed by atoms with Crippen molar-refractivity contribution in [3.63, 3.8) is 0 Å². The molecule has 1 fully saturated rings. The number of halogens is 1. The number of para-hydroxylation sites is 1. The number of nitrogens with one attached hydrogen (secondary N) is 1. The van der Waals surface area contributed by atoms with Gasteiger partial charge in [0.15, 0.2) is 0 Å². The minimum atomic E-state index is -0.557. The molecule has 0 radical (unpaired) electrons. The maximum absolute atomic E-state index is 12.7. The van der Waals surface area contributed by atoms with Crippen molar-refractivity contribution in [3.05, 3.63) is 65.9 Å². The average Bonchev–Trinajstić information content (AvgIpc) is 3.10. The monoisotopic (exact) mass is 462 g/mol. The Balaban J connectivity index is 1.42. The van der Waals surface area contributed by atoms with E-state index in [-0.39, 0.29) is 12.5 Å². The molecular weight excluding hydrogens is 444 g/mol. The molecule has 146 valence electrons. The van der Waals surface area contributed by atoms with Gasteiger partial charge in [-0.3, -0.25) is 19.1 Å². The molecule has 0 spiro atoms. The number of piperazine rings is 1. The molecule has 4 rings (SSSR count). The second-order valence-electron chi connectivity index (χ2n) is 6.73. The molecule has 3 aromatic rings. The number of aromatic nitrogens is 2. The van der Waals surface area contributed by atoms with Crippen molar-refractivity contribution in [2.75, 3.05) is 26.2 Å². The fourth-order valence-corrected chi connectivity index (χ4v) is 4.92. The highest BCUT2D eigenvalue weighted by molar-refractivity contribution is 9.11. The molecule has 1 saturated heterocycles. The number of aromatic amines is 1. The predicted octanol–water partition coefficient (Wildman–Crippen LogP) is 1.86. The largest absolute Gasteiger partial charge is 0.339 e. The van der Waals surface area contributed by atoms with Crippen LogP contribution in [0.5, 0.6) is 0 Å². The second-order valence-corrected chi connectivity index (χ2v) is 9.28. The summed E-state index contributed by atoms with van der Waals surface area (Å²) in [5.41, 5.74) is -0.511. The van der Waals surface area contributed by atoms with E-state index in [0.717, 1.165) is 28.0 Å². The SMILES string of the molecule is O=C(Cn1c(=O)[nH]c2ccccc2c1=O)N1CCN(Cc2ccc(Br)s2)CC1. The van der Waals surface area contributed by atoms with Gasteiger partial charge in [0.1, 0.15) is 6.54 Å². The minimum absolute atomic E-state index is 0.207. The number of fused-ring (bicyclic) bond motifs is 1. The zero-order chi connectivity index (χ0) is 19.7. The molecule has 1 aromatic carbocycles. The van der Waals surface area contributed by atoms with E-state index in [2.05, 4.69) is 31.9 Å². The molecule has 1 aliphatic heterocycles. The molecule has 28 heavy (non-hydrogen) atoms. The van der Waals surface area contributed by atoms with Crippen molar-refractivity contribution in [1.29, 1.82) is 0 Å². The standard InChI is InChI=1S/C19H19BrN4O3S/c20-16-6-5-13(28-16)11-22-7-9-23(10-8-22)17(25)12-24-18(26)14-3-1-2-4-15(14)21-19(24)27/h1-6H,7-12H2,(H,21,27). The molecule has 0 aliphatic carbocycles. The van der Waals surface area contributed by atoms with Crippen molar-refractivity contribution in [2.45, 2.75) is 13.1 Å². The third-order valence-corrected chi connectivity index (χ3v) is 6.52. The molecule has 0 atom stereocenters. The van der Waals surface area contributed by atoms with Crippen LogP contribution in [0.4, 0.5) is 0 Å². The summed E-state index contributed by atoms with van der Waals surface area (Å²) >= 11 is 5.19. The molecule has 0 saturated carbocycles. The average molecular weight is 463 g/mol. The van der Waals surface area contributed by atoms with E-state index >= 15 is 0 Å². The summed E-state index contributed by atoms with van der Waals surface area (Å²) in [7, 11) is 0. The highest BCUT2D eigenvalue weighted by Crippen LogP contribution is 2.23. The highest BCUT2D eigenvalue weighted by Gasteiger charge is 2.22. The molecular formula is C19H19BrN4O3S. The van der Waals surface area contributed by atoms with Gasteiger partial charge >= 0.3 is 5.69 Å². The van der Waals surface area contributed by atoms with Crippen molar-refractivity contribution in [2.24, 2.45) is 0 Å². The molecule has 1 amide bonds. The highest BCUT2D eigenvalue weighted by atomic mass is 79.9. The molecule has 2 aromatic heterocycles. The Labute approximate surface area is 173 Å². The van der Waals surface area contributed by atoms with E-state index in [9.17, 15) is 14.4 Å². The summed E-state index contributed by atoms with van der Waals surface area (Å²) in [4.78, 5) is 45.5. The van der Waals surface area contributed by atoms with Gasteiger partial charge in [0.2, 0.25) is 5.91 Å². The number of benzene rings is 1. The summed E-state index contributed by atoms with van der Waals surface area (Å²) in [5.74, 6) is -0.207. The normalized spacial score (nSPS) is 15.2. The third kappa shape index (κ3) is 3.96. The van der Waals surface area contributed by atoms with Gasteiger partial charge in [-0.25, -0.2) is 4.79 Å². The van der Waals surface area contributed by atoms with Crippen molar-refractivity contribution < 1.29 is 4.79 Å². The van der Waals surface area contributed by atoms with Gasteiger partial charge in [-0.2, -0.15) is 0 Å². The molecule has 1 N–H and O–H groups in total. The van der Waals surface area contributed by atoms with Crippen LogP contribution in [0.25, 0.3) is 10.9 Å². The Morgan fingerprint density at radius 1 is 1.07 bits per heavy atom. The summed E-state index contributed by atoms with van der Waals surface area (Å²) in [6.45, 7) is 3.34. The first kappa shape index (κ1) is 19.1. The van der Waals surface area contributed by atoms with Crippen molar-refractivity contribution >= 4 is 44.1 Å². The van der Waals surface area contributed by atoms with E-state index in [0.29, 0.717) is 24.0 Å². The predicted molar refractivity (Wildman–Crippen MR) is 113 cm³/mol. The first-order valence-corrected chi connectivity index (χ1v) is 10.6. The summed E-state index contributed by atoms with van der Waals surface area (Å²) in [6.07, 6.45) is 0. The minimum Gasteiger partial charge on any atom is -0.339 e. The Hall–Kier alpha value is -2.23. The number of hydrogen-bond acceptors (Lipinski definition) is 5. The number of hydrogen-bond donors (Lipinski definition) is 1. The number of carbonyl (C=O) groups is 1. The summed E-state index contributed by atoms with van der Waals surface area (Å²) in [5, 5.41) is 0.404. The van der Waals surface area contributed by atoms with Crippen LogP contribution in [0, 0.1) is 0 Å². The number of amides is 1. The lowest BCUT2D eigenvalue weighted by molar-refractivity contribution is -0.133. The number of nitrogens with zero attached hydrogens (tertiary/aromatic N) is 3. The van der Waals surface area contributed by atoms with Gasteiger partial charge in [-0.15, -0.1) is 11.3 Å². The Kier molecular flexibility index (Phi) is 5.47. The maximum Gasteiger partial charge on any atom is 0.329 e. The third-order valence-electron chi connectivity index (χ3n) is 4.92. The first-order chi connectivity index (χ1) is 13.5. The Morgan fingerprint density at radius 2 is 1.82 bits per heavy atom. The van der Waals surface area contributed by atoms with Gasteiger partial charge in [0.05, 0.1) is 14.7 Å². The van der Waals surface area contributed by atoms with Gasteiger partial charge in [-0.1, -0.05) is 12.1 Å². The van der Waals surface area contributed by atoms with Crippen LogP contribution in [0.15, 0.2) is 49.8 Å². The van der Waals surface area contributed by atoms with Crippen LogP contribution in [0.1, 0.15) is 4.88 Å². The number of carbonyl (C=O) groups excluding carboxylic acids is 1. The first-order valence-electron chi connectivity index (χ1n) is 8.97. The molecule has 3 heterocycles. The molecule has 0 unspecified atom stereocenters. The number of thiophene rings is 1. The topological polar surface area (TPSA) is 78.4 Å². The van der Waals surface area contributed by atoms with Crippen molar-refractivity contribution in [1.82, 2.24) is 19.4 Å². The van der Waals surface area contributed by atoms with Gasteiger partial charge in [-0.05, 0) is 40.2 Å². The number of rotatable bonds is 4. The van der Waals surface area contributed by atoms with E-state index in [1.807, 2.05) is 6.07 Å². The fraction of sp³-hybridized carbons (Fsp3) is 0.316. The van der Waals surface area contributed by atoms with Gasteiger partial charge < -0.3 is 9.88 Å². The Bertz CT molecular complexity index is 1130. The van der Waals surface area contributed by atoms with Crippen LogP contribution in [0.2, 0.25) is 0 Å². The molecule has 9 heteroatoms. The quantitative estimate of drug-likeness (QED) is 0.641. The molecule has 0 bridgehead atoms. The van der Waals surface area contributed by atoms with Gasteiger partial charge in [0, 0.05) is 37.6 Å². The van der Waals surface area contributed by atoms with Gasteiger partial charge in [0.25, 0.3) is 5.56 Å². The fourth-order valence-electron chi connectivity index (χ4n) is 3.39. The van der Waals surface area contributed by atoms with E-state index in [1.165, 1.54) is 4.88 Å². The maximum atomic E-state index is 12.7. The van der Waals surface area contributed by atoms with Crippen LogP contribution in [-0.2, 0) is 17.9 Å². The van der Waals surface area contributed by atoms with Crippen LogP contribution in [0.3, 0.4) is 0 Å². The Morgan fingerprint density at radius 3 is 2.54 bits per heavy atom. The van der Waals surface area contributed by atoms with Crippen molar-refractivity contribution in [3.8, 4) is 0 Å². The number of H-pyrrole nitrogens is 1. The van der Waals surface area contributed by atoms with E-state index < -0.39 is 11.2 Å². The van der Waals surface area contributed by atoms with Crippen LogP contribution < -0.4 is 11.2 Å². The zero-order valence-corrected chi connectivity index (χ0v) is 17.5. The molecule has 7 nitrogen and oxygen atoms in total. The lowest BCUT2D eigenvalue weighted by atomic mass is 10.2. The lowest BCUT2D eigenvalue weighted by Gasteiger charge is -2.34. The zero-order valence-electron chi connectivity index (χ0n) is 15.1. The smallest absolute Gasteiger partial charge is 0.329 e. The van der Waals surface area contributed by atoms with E-state index in [4.69, 9.17) is 0 Å².